The highest BCUT2D eigenvalue weighted by molar-refractivity contribution is 6.50. The van der Waals surface area contributed by atoms with Crippen LogP contribution in [0.25, 0.3) is 0 Å². The quantitative estimate of drug-likeness (QED) is 0.483. The van der Waals surface area contributed by atoms with E-state index in [1.807, 2.05) is 0 Å². The lowest BCUT2D eigenvalue weighted by atomic mass is 9.89. The van der Waals surface area contributed by atoms with Gasteiger partial charge in [-0.25, -0.2) is 0 Å². The second-order valence-corrected chi connectivity index (χ2v) is 3.08. The lowest BCUT2D eigenvalue weighted by molar-refractivity contribution is -0.114. The average molecular weight is 190 g/mol. The minimum Gasteiger partial charge on any atom is -0.508 e. The molecular weight excluding hydrogens is 184 g/mol. The lowest BCUT2D eigenvalue weighted by Crippen LogP contribution is -2.26. The maximum atomic E-state index is 11.3. The molecule has 0 saturated heterocycles. The van der Waals surface area contributed by atoms with Gasteiger partial charge in [0.1, 0.15) is 5.75 Å². The molecule has 4 nitrogen and oxygen atoms in total. The van der Waals surface area contributed by atoms with E-state index in [1.54, 1.807) is 0 Å². The molecule has 0 atom stereocenters. The number of aromatic hydroxyl groups is 1. The van der Waals surface area contributed by atoms with Gasteiger partial charge in [0, 0.05) is 11.1 Å². The van der Waals surface area contributed by atoms with Gasteiger partial charge in [-0.05, 0) is 18.2 Å². The van der Waals surface area contributed by atoms with Gasteiger partial charge in [0.25, 0.3) is 0 Å². The first-order chi connectivity index (χ1) is 6.59. The number of fused-ring (bicyclic) bond motifs is 1. The van der Waals surface area contributed by atoms with E-state index in [0.717, 1.165) is 0 Å². The Kier molecular flexibility index (Phi) is 1.70. The zero-order chi connectivity index (χ0) is 10.3. The fourth-order valence-electron chi connectivity index (χ4n) is 1.43. The highest BCUT2D eigenvalue weighted by atomic mass is 16.3. The molecule has 0 radical (unpaired) electrons. The first kappa shape index (κ1) is 8.62. The molecule has 4 heteroatoms. The monoisotopic (exact) mass is 190 g/mol. The molecule has 14 heavy (non-hydrogen) atoms. The second-order valence-electron chi connectivity index (χ2n) is 3.08. The van der Waals surface area contributed by atoms with E-state index in [9.17, 15) is 14.4 Å². The third kappa shape index (κ3) is 1.12. The van der Waals surface area contributed by atoms with Gasteiger partial charge >= 0.3 is 0 Å². The molecule has 0 amide bonds. The van der Waals surface area contributed by atoms with Gasteiger partial charge in [-0.1, -0.05) is 0 Å². The number of hydrogen-bond acceptors (Lipinski definition) is 4. The number of phenolic OH excluding ortho intramolecular Hbond substituents is 1. The number of carbonyl (C=O) groups excluding carboxylic acids is 3. The first-order valence-corrected chi connectivity index (χ1v) is 4.03. The molecule has 0 spiro atoms. The van der Waals surface area contributed by atoms with Crippen molar-refractivity contribution in [2.45, 2.75) is 6.42 Å². The van der Waals surface area contributed by atoms with Gasteiger partial charge in [-0.15, -0.1) is 0 Å². The molecular formula is C10H6O4. The third-order valence-electron chi connectivity index (χ3n) is 2.12. The smallest absolute Gasteiger partial charge is 0.229 e. The molecule has 0 saturated carbocycles. The number of rotatable bonds is 0. The van der Waals surface area contributed by atoms with Crippen LogP contribution in [0.1, 0.15) is 27.1 Å². The standard InChI is InChI=1S/C10H6O4/c11-5-1-2-6-7(3-5)8(12)4-9(13)10(6)14/h1-3,11H,4H2. The van der Waals surface area contributed by atoms with E-state index in [2.05, 4.69) is 0 Å². The Balaban J connectivity index is 2.67. The number of ketones is 3. The lowest BCUT2D eigenvalue weighted by Gasteiger charge is -2.11. The van der Waals surface area contributed by atoms with Crippen molar-refractivity contribution in [1.82, 2.24) is 0 Å². The van der Waals surface area contributed by atoms with Crippen LogP contribution in [-0.4, -0.2) is 22.5 Å². The summed E-state index contributed by atoms with van der Waals surface area (Å²) in [6.45, 7) is 0. The van der Waals surface area contributed by atoms with E-state index in [4.69, 9.17) is 5.11 Å². The van der Waals surface area contributed by atoms with Crippen LogP contribution < -0.4 is 0 Å². The van der Waals surface area contributed by atoms with E-state index < -0.39 is 23.8 Å². The number of hydrogen-bond donors (Lipinski definition) is 1. The second kappa shape index (κ2) is 2.77. The number of phenols is 1. The number of Topliss-reactive ketones (excluding diaryl/α,β-unsaturated/α-hetero) is 3. The molecule has 1 aliphatic carbocycles. The van der Waals surface area contributed by atoms with E-state index in [-0.39, 0.29) is 16.9 Å². The zero-order valence-corrected chi connectivity index (χ0v) is 7.11. The van der Waals surface area contributed by atoms with Gasteiger partial charge in [-0.3, -0.25) is 14.4 Å². The Hall–Kier alpha value is -1.97. The zero-order valence-electron chi connectivity index (χ0n) is 7.11. The van der Waals surface area contributed by atoms with Crippen molar-refractivity contribution >= 4 is 17.3 Å². The molecule has 0 aromatic heterocycles. The predicted molar refractivity (Wildman–Crippen MR) is 46.4 cm³/mol. The van der Waals surface area contributed by atoms with Crippen LogP contribution in [0.3, 0.4) is 0 Å². The van der Waals surface area contributed by atoms with Crippen molar-refractivity contribution < 1.29 is 19.5 Å². The van der Waals surface area contributed by atoms with Gasteiger partial charge in [-0.2, -0.15) is 0 Å². The van der Waals surface area contributed by atoms with Crippen LogP contribution in [0.5, 0.6) is 5.75 Å². The summed E-state index contributed by atoms with van der Waals surface area (Å²) in [4.78, 5) is 33.6. The van der Waals surface area contributed by atoms with Crippen LogP contribution in [-0.2, 0) is 4.79 Å². The summed E-state index contributed by atoms with van der Waals surface area (Å²) >= 11 is 0. The first-order valence-electron chi connectivity index (χ1n) is 4.03. The Morgan fingerprint density at radius 2 is 1.71 bits per heavy atom. The predicted octanol–water partition coefficient (Wildman–Crippen LogP) is 0.730. The molecule has 1 N–H and O–H groups in total. The largest absolute Gasteiger partial charge is 0.508 e. The van der Waals surface area contributed by atoms with Crippen molar-refractivity contribution in [2.24, 2.45) is 0 Å². The summed E-state index contributed by atoms with van der Waals surface area (Å²) < 4.78 is 0. The van der Waals surface area contributed by atoms with Crippen LogP contribution in [0.4, 0.5) is 0 Å². The highest BCUT2D eigenvalue weighted by Gasteiger charge is 2.30. The summed E-state index contributed by atoms with van der Waals surface area (Å²) in [6, 6.07) is 3.78. The maximum Gasteiger partial charge on any atom is 0.229 e. The maximum absolute atomic E-state index is 11.3. The fourth-order valence-corrected chi connectivity index (χ4v) is 1.43. The van der Waals surface area contributed by atoms with Gasteiger partial charge in [0.2, 0.25) is 11.6 Å². The number of carbonyl (C=O) groups is 3. The molecule has 0 fully saturated rings. The van der Waals surface area contributed by atoms with Crippen LogP contribution in [0.2, 0.25) is 0 Å². The van der Waals surface area contributed by atoms with Crippen molar-refractivity contribution in [1.29, 1.82) is 0 Å². The minimum atomic E-state index is -0.687. The van der Waals surface area contributed by atoms with Gasteiger partial charge < -0.3 is 5.11 Å². The van der Waals surface area contributed by atoms with Crippen molar-refractivity contribution in [3.63, 3.8) is 0 Å². The SMILES string of the molecule is O=C1CC(=O)c2cc(O)ccc2C1=O. The molecule has 0 unspecified atom stereocenters. The Labute approximate surface area is 79.2 Å². The molecule has 70 valence electrons. The molecule has 1 aromatic carbocycles. The highest BCUT2D eigenvalue weighted by Crippen LogP contribution is 2.23. The summed E-state index contributed by atoms with van der Waals surface area (Å²) in [5.41, 5.74) is 0.221. The summed E-state index contributed by atoms with van der Waals surface area (Å²) in [6.07, 6.45) is -0.394. The van der Waals surface area contributed by atoms with Gasteiger partial charge in [0.15, 0.2) is 5.78 Å². The summed E-state index contributed by atoms with van der Waals surface area (Å²) in [5.74, 6) is -1.84. The molecule has 0 bridgehead atoms. The molecule has 0 aliphatic heterocycles. The van der Waals surface area contributed by atoms with E-state index in [0.29, 0.717) is 0 Å². The Morgan fingerprint density at radius 1 is 1.00 bits per heavy atom. The van der Waals surface area contributed by atoms with Crippen molar-refractivity contribution in [3.05, 3.63) is 29.3 Å². The van der Waals surface area contributed by atoms with E-state index in [1.165, 1.54) is 18.2 Å². The third-order valence-corrected chi connectivity index (χ3v) is 2.12. The molecule has 1 aliphatic rings. The van der Waals surface area contributed by atoms with Crippen LogP contribution >= 0.6 is 0 Å². The van der Waals surface area contributed by atoms with Crippen LogP contribution in [0, 0.1) is 0 Å². The molecule has 2 rings (SSSR count). The van der Waals surface area contributed by atoms with E-state index >= 15 is 0 Å². The van der Waals surface area contributed by atoms with Crippen molar-refractivity contribution in [2.75, 3.05) is 0 Å². The topological polar surface area (TPSA) is 71.4 Å². The number of benzene rings is 1. The van der Waals surface area contributed by atoms with Crippen molar-refractivity contribution in [3.8, 4) is 5.75 Å². The Bertz CT molecular complexity index is 459. The molecule has 1 aromatic rings. The minimum absolute atomic E-state index is 0.0840. The van der Waals surface area contributed by atoms with Gasteiger partial charge in [0.05, 0.1) is 6.42 Å². The Morgan fingerprint density at radius 3 is 2.43 bits per heavy atom. The average Bonchev–Trinajstić information content (AvgIpc) is 2.14. The summed E-state index contributed by atoms with van der Waals surface area (Å²) in [5, 5.41) is 9.11. The summed E-state index contributed by atoms with van der Waals surface area (Å²) in [7, 11) is 0. The fraction of sp³-hybridized carbons (Fsp3) is 0.100. The normalized spacial score (nSPS) is 15.6. The molecule has 0 heterocycles. The van der Waals surface area contributed by atoms with Crippen LogP contribution in [0.15, 0.2) is 18.2 Å².